The van der Waals surface area contributed by atoms with Crippen LogP contribution in [0.5, 0.6) is 0 Å². The van der Waals surface area contributed by atoms with Crippen molar-refractivity contribution in [2.24, 2.45) is 5.92 Å². The number of nitrogens with one attached hydrogen (secondary N) is 1. The largest absolute Gasteiger partial charge is 0.313 e. The van der Waals surface area contributed by atoms with Crippen molar-refractivity contribution in [2.75, 3.05) is 20.6 Å². The third kappa shape index (κ3) is 4.59. The van der Waals surface area contributed by atoms with Gasteiger partial charge in [-0.1, -0.05) is 32.0 Å². The van der Waals surface area contributed by atoms with Gasteiger partial charge in [0.2, 0.25) is 0 Å². The minimum atomic E-state index is -0.124. The Morgan fingerprint density at radius 3 is 2.37 bits per heavy atom. The molecule has 3 heteroatoms. The summed E-state index contributed by atoms with van der Waals surface area (Å²) in [7, 11) is 4.03. The molecule has 0 saturated heterocycles. The Morgan fingerprint density at radius 2 is 1.84 bits per heavy atom. The minimum absolute atomic E-state index is 0.0722. The smallest absolute Gasteiger partial charge is 0.127 e. The standard InChI is InChI=1S/C16H27FN2/c1-12(2)13(3)19(5)11-10-16(18-4)14-8-6-7-9-15(14)17/h6-9,12-13,16,18H,10-11H2,1-5H3. The van der Waals surface area contributed by atoms with Crippen LogP contribution in [-0.4, -0.2) is 31.6 Å². The van der Waals surface area contributed by atoms with E-state index in [4.69, 9.17) is 0 Å². The van der Waals surface area contributed by atoms with E-state index in [9.17, 15) is 4.39 Å². The lowest BCUT2D eigenvalue weighted by Crippen LogP contribution is -2.35. The zero-order chi connectivity index (χ0) is 14.4. The molecule has 1 aromatic carbocycles. The molecule has 0 radical (unpaired) electrons. The van der Waals surface area contributed by atoms with Crippen LogP contribution in [-0.2, 0) is 0 Å². The molecule has 2 atom stereocenters. The molecule has 108 valence electrons. The van der Waals surface area contributed by atoms with Gasteiger partial charge in [0, 0.05) is 17.6 Å². The zero-order valence-electron chi connectivity index (χ0n) is 12.8. The quantitative estimate of drug-likeness (QED) is 0.813. The number of halogens is 1. The molecule has 2 unspecified atom stereocenters. The second-order valence-corrected chi connectivity index (χ2v) is 5.62. The molecule has 0 aliphatic carbocycles. The highest BCUT2D eigenvalue weighted by molar-refractivity contribution is 5.21. The van der Waals surface area contributed by atoms with Gasteiger partial charge >= 0.3 is 0 Å². The Balaban J connectivity index is 2.61. The van der Waals surface area contributed by atoms with Crippen molar-refractivity contribution in [1.29, 1.82) is 0 Å². The molecule has 0 aliphatic heterocycles. The second kappa shape index (κ2) is 7.61. The first-order valence-corrected chi connectivity index (χ1v) is 7.09. The van der Waals surface area contributed by atoms with Crippen molar-refractivity contribution < 1.29 is 4.39 Å². The fraction of sp³-hybridized carbons (Fsp3) is 0.625. The van der Waals surface area contributed by atoms with Gasteiger partial charge in [-0.2, -0.15) is 0 Å². The highest BCUT2D eigenvalue weighted by Gasteiger charge is 2.17. The lowest BCUT2D eigenvalue weighted by molar-refractivity contribution is 0.199. The lowest BCUT2D eigenvalue weighted by Gasteiger charge is -2.29. The third-order valence-corrected chi connectivity index (χ3v) is 4.06. The van der Waals surface area contributed by atoms with Crippen molar-refractivity contribution >= 4 is 0 Å². The van der Waals surface area contributed by atoms with E-state index >= 15 is 0 Å². The highest BCUT2D eigenvalue weighted by atomic mass is 19.1. The van der Waals surface area contributed by atoms with E-state index in [1.54, 1.807) is 6.07 Å². The van der Waals surface area contributed by atoms with Crippen molar-refractivity contribution in [3.8, 4) is 0 Å². The molecule has 0 saturated carbocycles. The van der Waals surface area contributed by atoms with Gasteiger partial charge in [0.1, 0.15) is 5.82 Å². The van der Waals surface area contributed by atoms with E-state index in [1.165, 1.54) is 6.07 Å². The Hall–Kier alpha value is -0.930. The normalized spacial score (nSPS) is 14.9. The van der Waals surface area contributed by atoms with Crippen LogP contribution in [0, 0.1) is 11.7 Å². The van der Waals surface area contributed by atoms with Crippen LogP contribution in [0.15, 0.2) is 24.3 Å². The van der Waals surface area contributed by atoms with Crippen LogP contribution in [0.3, 0.4) is 0 Å². The second-order valence-electron chi connectivity index (χ2n) is 5.62. The zero-order valence-corrected chi connectivity index (χ0v) is 12.8. The Bertz CT molecular complexity index is 379. The van der Waals surface area contributed by atoms with Crippen LogP contribution >= 0.6 is 0 Å². The molecule has 1 rings (SSSR count). The molecular formula is C16H27FN2. The molecule has 2 nitrogen and oxygen atoms in total. The molecule has 1 aromatic rings. The number of hydrogen-bond acceptors (Lipinski definition) is 2. The van der Waals surface area contributed by atoms with Gasteiger partial charge in [-0.3, -0.25) is 0 Å². The summed E-state index contributed by atoms with van der Waals surface area (Å²) in [6, 6.07) is 7.63. The van der Waals surface area contributed by atoms with Crippen LogP contribution in [0.25, 0.3) is 0 Å². The lowest BCUT2D eigenvalue weighted by atomic mass is 10.0. The SMILES string of the molecule is CNC(CCN(C)C(C)C(C)C)c1ccccc1F. The summed E-state index contributed by atoms with van der Waals surface area (Å²) in [6.45, 7) is 7.66. The average molecular weight is 266 g/mol. The summed E-state index contributed by atoms with van der Waals surface area (Å²) in [5.41, 5.74) is 0.760. The maximum atomic E-state index is 13.8. The first-order valence-electron chi connectivity index (χ1n) is 7.09. The number of rotatable bonds is 7. The number of hydrogen-bond donors (Lipinski definition) is 1. The molecule has 0 aromatic heterocycles. The van der Waals surface area contributed by atoms with Gasteiger partial charge in [0.25, 0.3) is 0 Å². The fourth-order valence-electron chi connectivity index (χ4n) is 2.26. The predicted molar refractivity (Wildman–Crippen MR) is 79.7 cm³/mol. The Morgan fingerprint density at radius 1 is 1.21 bits per heavy atom. The third-order valence-electron chi connectivity index (χ3n) is 4.06. The Kier molecular flexibility index (Phi) is 6.46. The fourth-order valence-corrected chi connectivity index (χ4v) is 2.26. The maximum absolute atomic E-state index is 13.8. The van der Waals surface area contributed by atoms with E-state index in [0.717, 1.165) is 18.5 Å². The molecule has 0 amide bonds. The van der Waals surface area contributed by atoms with Gasteiger partial charge in [0.05, 0.1) is 0 Å². The van der Waals surface area contributed by atoms with E-state index in [0.29, 0.717) is 12.0 Å². The minimum Gasteiger partial charge on any atom is -0.313 e. The van der Waals surface area contributed by atoms with Crippen molar-refractivity contribution in [3.05, 3.63) is 35.6 Å². The van der Waals surface area contributed by atoms with E-state index in [-0.39, 0.29) is 11.9 Å². The topological polar surface area (TPSA) is 15.3 Å². The summed E-state index contributed by atoms with van der Waals surface area (Å²) in [4.78, 5) is 2.34. The molecule has 0 spiro atoms. The van der Waals surface area contributed by atoms with Gasteiger partial charge in [-0.25, -0.2) is 4.39 Å². The monoisotopic (exact) mass is 266 g/mol. The molecule has 0 bridgehead atoms. The van der Waals surface area contributed by atoms with Crippen molar-refractivity contribution in [2.45, 2.75) is 39.3 Å². The summed E-state index contributed by atoms with van der Waals surface area (Å²) < 4.78 is 13.8. The average Bonchev–Trinajstić information content (AvgIpc) is 2.39. The number of benzene rings is 1. The molecule has 0 fully saturated rings. The van der Waals surface area contributed by atoms with Crippen molar-refractivity contribution in [3.63, 3.8) is 0 Å². The maximum Gasteiger partial charge on any atom is 0.127 e. The van der Waals surface area contributed by atoms with Crippen LogP contribution in [0.4, 0.5) is 4.39 Å². The van der Waals surface area contributed by atoms with Gasteiger partial charge < -0.3 is 10.2 Å². The molecule has 0 aliphatic rings. The summed E-state index contributed by atoms with van der Waals surface area (Å²) >= 11 is 0. The van der Waals surface area contributed by atoms with Gasteiger partial charge in [-0.05, 0) is 46.0 Å². The van der Waals surface area contributed by atoms with Gasteiger partial charge in [0.15, 0.2) is 0 Å². The van der Waals surface area contributed by atoms with Crippen LogP contribution in [0.1, 0.15) is 38.8 Å². The Labute approximate surface area is 117 Å². The first kappa shape index (κ1) is 16.1. The van der Waals surface area contributed by atoms with Crippen LogP contribution < -0.4 is 5.32 Å². The molecule has 19 heavy (non-hydrogen) atoms. The summed E-state index contributed by atoms with van der Waals surface area (Å²) in [5.74, 6) is 0.507. The van der Waals surface area contributed by atoms with E-state index in [2.05, 4.69) is 38.0 Å². The van der Waals surface area contributed by atoms with E-state index < -0.39 is 0 Å². The highest BCUT2D eigenvalue weighted by Crippen LogP contribution is 2.20. The van der Waals surface area contributed by atoms with E-state index in [1.807, 2.05) is 19.2 Å². The first-order chi connectivity index (χ1) is 8.97. The summed E-state index contributed by atoms with van der Waals surface area (Å²) in [6.07, 6.45) is 0.908. The summed E-state index contributed by atoms with van der Waals surface area (Å²) in [5, 5.41) is 3.22. The van der Waals surface area contributed by atoms with Crippen molar-refractivity contribution in [1.82, 2.24) is 10.2 Å². The van der Waals surface area contributed by atoms with Crippen LogP contribution in [0.2, 0.25) is 0 Å². The number of nitrogens with zero attached hydrogens (tertiary/aromatic N) is 1. The molecule has 0 heterocycles. The van der Waals surface area contributed by atoms with Gasteiger partial charge in [-0.15, -0.1) is 0 Å². The molecule has 1 N–H and O–H groups in total. The predicted octanol–water partition coefficient (Wildman–Crippen LogP) is 3.45. The molecular weight excluding hydrogens is 239 g/mol.